The van der Waals surface area contributed by atoms with Gasteiger partial charge in [-0.25, -0.2) is 0 Å². The van der Waals surface area contributed by atoms with Gasteiger partial charge in [0.05, 0.1) is 17.9 Å². The molecule has 2 aromatic heterocycles. The Balaban J connectivity index is 1.89. The predicted octanol–water partition coefficient (Wildman–Crippen LogP) is 2.68. The third kappa shape index (κ3) is 2.46. The van der Waals surface area contributed by atoms with Crippen LogP contribution in [0.1, 0.15) is 5.56 Å². The molecule has 0 aliphatic carbocycles. The van der Waals surface area contributed by atoms with E-state index in [1.165, 1.54) is 5.56 Å². The molecule has 2 N–H and O–H groups in total. The number of rotatable bonds is 3. The lowest BCUT2D eigenvalue weighted by Gasteiger charge is -2.02. The normalized spacial score (nSPS) is 10.9. The Morgan fingerprint density at radius 1 is 1.20 bits per heavy atom. The van der Waals surface area contributed by atoms with Gasteiger partial charge >= 0.3 is 0 Å². The summed E-state index contributed by atoms with van der Waals surface area (Å²) in [4.78, 5) is 0. The molecule has 3 rings (SSSR count). The maximum atomic E-state index is 6.05. The molecule has 3 aromatic rings. The molecule has 0 aliphatic heterocycles. The Morgan fingerprint density at radius 2 is 1.95 bits per heavy atom. The number of halogens is 1. The molecule has 20 heavy (non-hydrogen) atoms. The molecule has 0 saturated carbocycles. The first-order chi connectivity index (χ1) is 9.63. The second-order valence-electron chi connectivity index (χ2n) is 4.60. The van der Waals surface area contributed by atoms with Gasteiger partial charge in [0.15, 0.2) is 0 Å². The second-order valence-corrected chi connectivity index (χ2v) is 5.51. The van der Waals surface area contributed by atoms with Crippen molar-refractivity contribution in [1.82, 2.24) is 19.6 Å². The number of benzene rings is 1. The van der Waals surface area contributed by atoms with Crippen LogP contribution in [-0.4, -0.2) is 19.6 Å². The Bertz CT molecular complexity index is 726. The highest BCUT2D eigenvalue weighted by molar-refractivity contribution is 9.10. The summed E-state index contributed by atoms with van der Waals surface area (Å²) in [5.41, 5.74) is 9.56. The molecule has 0 atom stereocenters. The number of anilines is 1. The number of nitrogens with zero attached hydrogens (tertiary/aromatic N) is 4. The minimum absolute atomic E-state index is 0.658. The van der Waals surface area contributed by atoms with E-state index in [1.807, 2.05) is 36.1 Å². The monoisotopic (exact) mass is 331 g/mol. The SMILES string of the molecule is Cn1nccc1-c1nn(Cc2ccc(Br)cc2)cc1N. The summed E-state index contributed by atoms with van der Waals surface area (Å²) in [7, 11) is 1.88. The smallest absolute Gasteiger partial charge is 0.133 e. The third-order valence-electron chi connectivity index (χ3n) is 3.11. The zero-order valence-corrected chi connectivity index (χ0v) is 12.6. The van der Waals surface area contributed by atoms with Gasteiger partial charge in [-0.05, 0) is 23.8 Å². The summed E-state index contributed by atoms with van der Waals surface area (Å²) in [5.74, 6) is 0. The van der Waals surface area contributed by atoms with E-state index in [2.05, 4.69) is 38.3 Å². The highest BCUT2D eigenvalue weighted by Crippen LogP contribution is 2.23. The number of hydrogen-bond donors (Lipinski definition) is 1. The molecule has 0 spiro atoms. The molecule has 102 valence electrons. The molecule has 0 amide bonds. The summed E-state index contributed by atoms with van der Waals surface area (Å²) >= 11 is 3.43. The van der Waals surface area contributed by atoms with Gasteiger partial charge < -0.3 is 5.73 Å². The van der Waals surface area contributed by atoms with Gasteiger partial charge in [-0.3, -0.25) is 9.36 Å². The van der Waals surface area contributed by atoms with Crippen molar-refractivity contribution >= 4 is 21.6 Å². The first-order valence-electron chi connectivity index (χ1n) is 6.19. The van der Waals surface area contributed by atoms with Gasteiger partial charge in [0.1, 0.15) is 5.69 Å². The quantitative estimate of drug-likeness (QED) is 0.802. The molecule has 5 nitrogen and oxygen atoms in total. The van der Waals surface area contributed by atoms with E-state index in [-0.39, 0.29) is 0 Å². The van der Waals surface area contributed by atoms with Gasteiger partial charge in [-0.2, -0.15) is 10.2 Å². The fraction of sp³-hybridized carbons (Fsp3) is 0.143. The molecular weight excluding hydrogens is 318 g/mol. The van der Waals surface area contributed by atoms with Gasteiger partial charge in [0.25, 0.3) is 0 Å². The van der Waals surface area contributed by atoms with Crippen LogP contribution in [-0.2, 0) is 13.6 Å². The zero-order chi connectivity index (χ0) is 14.1. The molecule has 1 aromatic carbocycles. The first-order valence-corrected chi connectivity index (χ1v) is 6.98. The van der Waals surface area contributed by atoms with Crippen molar-refractivity contribution in [2.45, 2.75) is 6.54 Å². The minimum Gasteiger partial charge on any atom is -0.396 e. The molecule has 2 heterocycles. The Hall–Kier alpha value is -2.08. The van der Waals surface area contributed by atoms with E-state index in [0.717, 1.165) is 15.9 Å². The van der Waals surface area contributed by atoms with Gasteiger partial charge in [0.2, 0.25) is 0 Å². The van der Waals surface area contributed by atoms with Crippen molar-refractivity contribution in [3.63, 3.8) is 0 Å². The number of aryl methyl sites for hydroxylation is 1. The highest BCUT2D eigenvalue weighted by Gasteiger charge is 2.11. The van der Waals surface area contributed by atoms with E-state index >= 15 is 0 Å². The van der Waals surface area contributed by atoms with Crippen molar-refractivity contribution in [2.24, 2.45) is 7.05 Å². The number of hydrogen-bond acceptors (Lipinski definition) is 3. The fourth-order valence-corrected chi connectivity index (χ4v) is 2.36. The van der Waals surface area contributed by atoms with Crippen LogP contribution in [0.5, 0.6) is 0 Å². The van der Waals surface area contributed by atoms with Crippen molar-refractivity contribution < 1.29 is 0 Å². The second kappa shape index (κ2) is 5.13. The summed E-state index contributed by atoms with van der Waals surface area (Å²) in [6.45, 7) is 0.690. The minimum atomic E-state index is 0.658. The summed E-state index contributed by atoms with van der Waals surface area (Å²) in [5, 5.41) is 8.69. The molecule has 0 unspecified atom stereocenters. The van der Waals surface area contributed by atoms with Crippen LogP contribution in [0.3, 0.4) is 0 Å². The van der Waals surface area contributed by atoms with Crippen LogP contribution in [0.4, 0.5) is 5.69 Å². The summed E-state index contributed by atoms with van der Waals surface area (Å²) < 4.78 is 4.68. The number of nitrogen functional groups attached to an aromatic ring is 1. The maximum Gasteiger partial charge on any atom is 0.133 e. The average Bonchev–Trinajstić information content (AvgIpc) is 2.98. The maximum absolute atomic E-state index is 6.05. The molecule has 0 aliphatic rings. The molecule has 0 radical (unpaired) electrons. The molecular formula is C14H14BrN5. The molecule has 0 bridgehead atoms. The predicted molar refractivity (Wildman–Crippen MR) is 82.1 cm³/mol. The molecule has 0 saturated heterocycles. The van der Waals surface area contributed by atoms with E-state index in [4.69, 9.17) is 5.73 Å². The van der Waals surface area contributed by atoms with Crippen LogP contribution in [0.15, 0.2) is 47.2 Å². The average molecular weight is 332 g/mol. The Labute approximate surface area is 125 Å². The fourth-order valence-electron chi connectivity index (χ4n) is 2.10. The van der Waals surface area contributed by atoms with E-state index in [9.17, 15) is 0 Å². The van der Waals surface area contributed by atoms with Gasteiger partial charge in [-0.15, -0.1) is 0 Å². The van der Waals surface area contributed by atoms with Crippen LogP contribution >= 0.6 is 15.9 Å². The third-order valence-corrected chi connectivity index (χ3v) is 3.64. The molecule has 0 fully saturated rings. The Kier molecular flexibility index (Phi) is 3.31. The van der Waals surface area contributed by atoms with Crippen LogP contribution in [0.2, 0.25) is 0 Å². The zero-order valence-electron chi connectivity index (χ0n) is 11.0. The lowest BCUT2D eigenvalue weighted by molar-refractivity contribution is 0.685. The number of nitrogens with two attached hydrogens (primary N) is 1. The lowest BCUT2D eigenvalue weighted by Crippen LogP contribution is -2.01. The standard InChI is InChI=1S/C14H14BrN5/c1-19-13(6-7-17-19)14-12(16)9-20(18-14)8-10-2-4-11(15)5-3-10/h2-7,9H,8,16H2,1H3. The van der Waals surface area contributed by atoms with Crippen molar-refractivity contribution in [3.05, 3.63) is 52.8 Å². The first kappa shape index (κ1) is 12.9. The summed E-state index contributed by atoms with van der Waals surface area (Å²) in [6, 6.07) is 10.1. The highest BCUT2D eigenvalue weighted by atomic mass is 79.9. The van der Waals surface area contributed by atoms with Crippen LogP contribution in [0.25, 0.3) is 11.4 Å². The molecule has 6 heteroatoms. The number of aromatic nitrogens is 4. The lowest BCUT2D eigenvalue weighted by atomic mass is 10.2. The van der Waals surface area contributed by atoms with Crippen LogP contribution in [0, 0.1) is 0 Å². The van der Waals surface area contributed by atoms with Crippen LogP contribution < -0.4 is 5.73 Å². The topological polar surface area (TPSA) is 61.7 Å². The Morgan fingerprint density at radius 3 is 2.60 bits per heavy atom. The van der Waals surface area contributed by atoms with E-state index in [0.29, 0.717) is 12.2 Å². The van der Waals surface area contributed by atoms with Crippen molar-refractivity contribution in [3.8, 4) is 11.4 Å². The van der Waals surface area contributed by atoms with E-state index < -0.39 is 0 Å². The van der Waals surface area contributed by atoms with Crippen molar-refractivity contribution in [1.29, 1.82) is 0 Å². The largest absolute Gasteiger partial charge is 0.396 e. The van der Waals surface area contributed by atoms with Gasteiger partial charge in [-0.1, -0.05) is 28.1 Å². The van der Waals surface area contributed by atoms with E-state index in [1.54, 1.807) is 10.9 Å². The van der Waals surface area contributed by atoms with Gasteiger partial charge in [0, 0.05) is 23.9 Å². The summed E-state index contributed by atoms with van der Waals surface area (Å²) in [6.07, 6.45) is 3.59. The van der Waals surface area contributed by atoms with Crippen molar-refractivity contribution in [2.75, 3.05) is 5.73 Å².